The van der Waals surface area contributed by atoms with Crippen molar-refractivity contribution in [3.63, 3.8) is 0 Å². The SMILES string of the molecule is CCc1cnc(C(C)NCc2nccc(OC)c2OC)s1. The smallest absolute Gasteiger partial charge is 0.183 e. The lowest BCUT2D eigenvalue weighted by atomic mass is 10.2. The molecule has 0 aliphatic rings. The van der Waals surface area contributed by atoms with Crippen LogP contribution in [0.25, 0.3) is 0 Å². The highest BCUT2D eigenvalue weighted by atomic mass is 32.1. The van der Waals surface area contributed by atoms with E-state index in [1.807, 2.05) is 6.20 Å². The van der Waals surface area contributed by atoms with Crippen molar-refractivity contribution in [2.75, 3.05) is 14.2 Å². The Hall–Kier alpha value is -1.66. The average Bonchev–Trinajstić information content (AvgIpc) is 3.01. The summed E-state index contributed by atoms with van der Waals surface area (Å²) in [6.07, 6.45) is 4.69. The highest BCUT2D eigenvalue weighted by molar-refractivity contribution is 7.11. The van der Waals surface area contributed by atoms with Crippen molar-refractivity contribution in [2.24, 2.45) is 0 Å². The van der Waals surface area contributed by atoms with Gasteiger partial charge < -0.3 is 14.8 Å². The zero-order valence-electron chi connectivity index (χ0n) is 12.8. The maximum Gasteiger partial charge on any atom is 0.183 e. The summed E-state index contributed by atoms with van der Waals surface area (Å²) >= 11 is 1.74. The molecule has 1 N–H and O–H groups in total. The average molecular weight is 307 g/mol. The van der Waals surface area contributed by atoms with E-state index in [0.717, 1.165) is 17.1 Å². The molecule has 0 spiro atoms. The van der Waals surface area contributed by atoms with Gasteiger partial charge >= 0.3 is 0 Å². The molecule has 0 radical (unpaired) electrons. The number of pyridine rings is 1. The summed E-state index contributed by atoms with van der Waals surface area (Å²) in [5.41, 5.74) is 0.830. The van der Waals surface area contributed by atoms with Gasteiger partial charge in [-0.15, -0.1) is 11.3 Å². The fourth-order valence-electron chi connectivity index (χ4n) is 2.00. The van der Waals surface area contributed by atoms with E-state index in [0.29, 0.717) is 18.0 Å². The van der Waals surface area contributed by atoms with Crippen LogP contribution in [0.3, 0.4) is 0 Å². The van der Waals surface area contributed by atoms with Gasteiger partial charge in [-0.05, 0) is 13.3 Å². The summed E-state index contributed by atoms with van der Waals surface area (Å²) in [5.74, 6) is 1.37. The van der Waals surface area contributed by atoms with E-state index in [4.69, 9.17) is 9.47 Å². The Morgan fingerprint density at radius 1 is 1.29 bits per heavy atom. The number of methoxy groups -OCH3 is 2. The fraction of sp³-hybridized carbons (Fsp3) is 0.467. The Labute approximate surface area is 129 Å². The van der Waals surface area contributed by atoms with Crippen LogP contribution in [0, 0.1) is 0 Å². The van der Waals surface area contributed by atoms with Crippen LogP contribution in [0.15, 0.2) is 18.5 Å². The van der Waals surface area contributed by atoms with Gasteiger partial charge in [0.05, 0.1) is 26.0 Å². The number of nitrogens with zero attached hydrogens (tertiary/aromatic N) is 2. The van der Waals surface area contributed by atoms with Gasteiger partial charge in [0, 0.05) is 29.9 Å². The molecular weight excluding hydrogens is 286 g/mol. The minimum atomic E-state index is 0.174. The zero-order chi connectivity index (χ0) is 15.2. The van der Waals surface area contributed by atoms with Crippen molar-refractivity contribution in [2.45, 2.75) is 32.9 Å². The van der Waals surface area contributed by atoms with Crippen LogP contribution in [0.4, 0.5) is 0 Å². The van der Waals surface area contributed by atoms with Gasteiger partial charge in [-0.1, -0.05) is 6.92 Å². The highest BCUT2D eigenvalue weighted by Gasteiger charge is 2.14. The molecule has 2 rings (SSSR count). The van der Waals surface area contributed by atoms with Crippen LogP contribution < -0.4 is 14.8 Å². The third kappa shape index (κ3) is 3.71. The van der Waals surface area contributed by atoms with Gasteiger partial charge in [0.15, 0.2) is 11.5 Å². The minimum absolute atomic E-state index is 0.174. The van der Waals surface area contributed by atoms with Crippen molar-refractivity contribution >= 4 is 11.3 Å². The monoisotopic (exact) mass is 307 g/mol. The number of aryl methyl sites for hydroxylation is 1. The van der Waals surface area contributed by atoms with Crippen LogP contribution >= 0.6 is 11.3 Å². The normalized spacial score (nSPS) is 12.2. The number of hydrogen-bond donors (Lipinski definition) is 1. The molecule has 2 aromatic heterocycles. The van der Waals surface area contributed by atoms with Crippen molar-refractivity contribution in [1.29, 1.82) is 0 Å². The van der Waals surface area contributed by atoms with Crippen molar-refractivity contribution in [1.82, 2.24) is 15.3 Å². The van der Waals surface area contributed by atoms with E-state index in [2.05, 4.69) is 29.1 Å². The lowest BCUT2D eigenvalue weighted by molar-refractivity contribution is 0.347. The first-order chi connectivity index (χ1) is 10.2. The van der Waals surface area contributed by atoms with E-state index >= 15 is 0 Å². The molecule has 0 fully saturated rings. The summed E-state index contributed by atoms with van der Waals surface area (Å²) in [7, 11) is 3.25. The molecule has 114 valence electrons. The quantitative estimate of drug-likeness (QED) is 0.852. The first-order valence-electron chi connectivity index (χ1n) is 6.93. The third-order valence-corrected chi connectivity index (χ3v) is 4.56. The molecule has 0 aliphatic heterocycles. The van der Waals surface area contributed by atoms with Crippen molar-refractivity contribution in [3.05, 3.63) is 34.0 Å². The van der Waals surface area contributed by atoms with Gasteiger partial charge in [0.25, 0.3) is 0 Å². The number of hydrogen-bond acceptors (Lipinski definition) is 6. The minimum Gasteiger partial charge on any atom is -0.493 e. The van der Waals surface area contributed by atoms with Gasteiger partial charge in [-0.3, -0.25) is 4.98 Å². The van der Waals surface area contributed by atoms with E-state index in [1.54, 1.807) is 37.8 Å². The Balaban J connectivity index is 2.05. The van der Waals surface area contributed by atoms with Gasteiger partial charge in [-0.25, -0.2) is 4.98 Å². The van der Waals surface area contributed by atoms with E-state index in [9.17, 15) is 0 Å². The maximum atomic E-state index is 5.39. The van der Waals surface area contributed by atoms with E-state index in [-0.39, 0.29) is 6.04 Å². The van der Waals surface area contributed by atoms with Crippen molar-refractivity contribution in [3.8, 4) is 11.5 Å². The summed E-state index contributed by atoms with van der Waals surface area (Å²) in [5, 5.41) is 4.52. The summed E-state index contributed by atoms with van der Waals surface area (Å²) in [4.78, 5) is 10.1. The first-order valence-corrected chi connectivity index (χ1v) is 7.75. The molecule has 21 heavy (non-hydrogen) atoms. The third-order valence-electron chi connectivity index (χ3n) is 3.23. The predicted octanol–water partition coefficient (Wildman–Crippen LogP) is 2.97. The molecule has 0 aliphatic carbocycles. The molecule has 2 aromatic rings. The standard InChI is InChI=1S/C15H21N3O2S/c1-5-11-8-18-15(21-11)10(2)17-9-12-14(20-4)13(19-3)6-7-16-12/h6-8,10,17H,5,9H2,1-4H3. The van der Waals surface area contributed by atoms with Gasteiger partial charge in [-0.2, -0.15) is 0 Å². The summed E-state index contributed by atoms with van der Waals surface area (Å²) < 4.78 is 10.7. The Morgan fingerprint density at radius 3 is 2.71 bits per heavy atom. The molecule has 1 unspecified atom stereocenters. The second-order valence-electron chi connectivity index (χ2n) is 4.61. The summed E-state index contributed by atoms with van der Waals surface area (Å²) in [6, 6.07) is 1.97. The summed E-state index contributed by atoms with van der Waals surface area (Å²) in [6.45, 7) is 4.84. The number of nitrogens with one attached hydrogen (secondary N) is 1. The van der Waals surface area contributed by atoms with Crippen molar-refractivity contribution < 1.29 is 9.47 Å². The Bertz CT molecular complexity index is 586. The lowest BCUT2D eigenvalue weighted by Gasteiger charge is -2.14. The largest absolute Gasteiger partial charge is 0.493 e. The highest BCUT2D eigenvalue weighted by Crippen LogP contribution is 2.29. The predicted molar refractivity (Wildman–Crippen MR) is 84.1 cm³/mol. The molecular formula is C15H21N3O2S. The molecule has 0 saturated carbocycles. The van der Waals surface area contributed by atoms with Gasteiger partial charge in [0.1, 0.15) is 5.01 Å². The molecule has 0 amide bonds. The fourth-order valence-corrected chi connectivity index (χ4v) is 2.88. The molecule has 1 atom stereocenters. The second kappa shape index (κ2) is 7.38. The van der Waals surface area contributed by atoms with E-state index < -0.39 is 0 Å². The van der Waals surface area contributed by atoms with Gasteiger partial charge in [0.2, 0.25) is 0 Å². The molecule has 0 aromatic carbocycles. The maximum absolute atomic E-state index is 5.39. The van der Waals surface area contributed by atoms with Crippen LogP contribution in [0.1, 0.15) is 35.5 Å². The first kappa shape index (κ1) is 15.7. The number of thiazole rings is 1. The topological polar surface area (TPSA) is 56.3 Å². The molecule has 6 heteroatoms. The van der Waals surface area contributed by atoms with Crippen LogP contribution in [0.5, 0.6) is 11.5 Å². The molecule has 2 heterocycles. The second-order valence-corrected chi connectivity index (χ2v) is 5.76. The van der Waals surface area contributed by atoms with Crippen LogP contribution in [0.2, 0.25) is 0 Å². The molecule has 5 nitrogen and oxygen atoms in total. The van der Waals surface area contributed by atoms with E-state index in [1.165, 1.54) is 4.88 Å². The zero-order valence-corrected chi connectivity index (χ0v) is 13.7. The Kier molecular flexibility index (Phi) is 5.52. The molecule has 0 saturated heterocycles. The van der Waals surface area contributed by atoms with Crippen LogP contribution in [-0.2, 0) is 13.0 Å². The number of aromatic nitrogens is 2. The van der Waals surface area contributed by atoms with Crippen LogP contribution in [-0.4, -0.2) is 24.2 Å². The Morgan fingerprint density at radius 2 is 2.10 bits per heavy atom. The number of ether oxygens (including phenoxy) is 2. The lowest BCUT2D eigenvalue weighted by Crippen LogP contribution is -2.19. The number of rotatable bonds is 7. The molecule has 0 bridgehead atoms.